The fraction of sp³-hybridized carbons (Fsp3) is 0.231. The molecule has 0 spiro atoms. The average molecular weight is 236 g/mol. The van der Waals surface area contributed by atoms with Crippen molar-refractivity contribution >= 4 is 11.3 Å². The molecule has 0 bridgehead atoms. The van der Waals surface area contributed by atoms with Crippen molar-refractivity contribution in [3.63, 3.8) is 0 Å². The van der Waals surface area contributed by atoms with Gasteiger partial charge in [-0.2, -0.15) is 0 Å². The van der Waals surface area contributed by atoms with E-state index in [1.807, 2.05) is 25.3 Å². The lowest BCUT2D eigenvalue weighted by Crippen LogP contribution is -2.02. The van der Waals surface area contributed by atoms with Gasteiger partial charge in [0.1, 0.15) is 11.9 Å². The first-order chi connectivity index (χ1) is 7.59. The van der Waals surface area contributed by atoms with Crippen LogP contribution in [0.5, 0.6) is 0 Å². The van der Waals surface area contributed by atoms with Gasteiger partial charge in [0.05, 0.1) is 0 Å². The second-order valence-electron chi connectivity index (χ2n) is 3.84. The summed E-state index contributed by atoms with van der Waals surface area (Å²) in [6, 6.07) is 6.38. The normalized spacial score (nSPS) is 12.8. The molecule has 1 N–H and O–H groups in total. The van der Waals surface area contributed by atoms with Crippen LogP contribution in [0.2, 0.25) is 0 Å². The molecule has 0 fully saturated rings. The van der Waals surface area contributed by atoms with Gasteiger partial charge < -0.3 is 5.11 Å². The topological polar surface area (TPSA) is 20.2 Å². The Kier molecular flexibility index (Phi) is 3.08. The molecule has 0 radical (unpaired) electrons. The van der Waals surface area contributed by atoms with E-state index in [1.165, 1.54) is 12.1 Å². The lowest BCUT2D eigenvalue weighted by Gasteiger charge is -2.13. The van der Waals surface area contributed by atoms with Crippen LogP contribution in [0, 0.1) is 19.7 Å². The third kappa shape index (κ3) is 2.01. The van der Waals surface area contributed by atoms with E-state index in [2.05, 4.69) is 0 Å². The van der Waals surface area contributed by atoms with E-state index in [9.17, 15) is 9.50 Å². The zero-order chi connectivity index (χ0) is 11.7. The summed E-state index contributed by atoms with van der Waals surface area (Å²) in [4.78, 5) is 1.09. The van der Waals surface area contributed by atoms with Crippen molar-refractivity contribution < 1.29 is 9.50 Å². The van der Waals surface area contributed by atoms with Crippen molar-refractivity contribution in [2.24, 2.45) is 0 Å². The highest BCUT2D eigenvalue weighted by Crippen LogP contribution is 2.29. The van der Waals surface area contributed by atoms with Crippen molar-refractivity contribution in [3.8, 4) is 0 Å². The maximum absolute atomic E-state index is 13.0. The first kappa shape index (κ1) is 11.3. The fourth-order valence-corrected chi connectivity index (χ4v) is 2.53. The van der Waals surface area contributed by atoms with Gasteiger partial charge in [-0.05, 0) is 54.1 Å². The van der Waals surface area contributed by atoms with E-state index in [4.69, 9.17) is 0 Å². The Morgan fingerprint density at radius 3 is 2.50 bits per heavy atom. The molecule has 3 heteroatoms. The highest BCUT2D eigenvalue weighted by atomic mass is 32.1. The van der Waals surface area contributed by atoms with Crippen LogP contribution in [0.15, 0.2) is 29.6 Å². The summed E-state index contributed by atoms with van der Waals surface area (Å²) >= 11 is 1.60. The molecular weight excluding hydrogens is 223 g/mol. The quantitative estimate of drug-likeness (QED) is 0.845. The van der Waals surface area contributed by atoms with Crippen LogP contribution >= 0.6 is 11.3 Å². The van der Waals surface area contributed by atoms with Gasteiger partial charge in [-0.1, -0.05) is 6.07 Å². The van der Waals surface area contributed by atoms with Gasteiger partial charge in [0.2, 0.25) is 0 Å². The van der Waals surface area contributed by atoms with E-state index >= 15 is 0 Å². The number of aryl methyl sites for hydroxylation is 2. The van der Waals surface area contributed by atoms with Crippen LogP contribution in [0.1, 0.15) is 27.7 Å². The molecule has 1 aromatic heterocycles. The van der Waals surface area contributed by atoms with Gasteiger partial charge in [0.25, 0.3) is 0 Å². The van der Waals surface area contributed by atoms with Crippen LogP contribution in [0.3, 0.4) is 0 Å². The fourth-order valence-electron chi connectivity index (χ4n) is 1.79. The van der Waals surface area contributed by atoms with Crippen molar-refractivity contribution in [2.45, 2.75) is 20.0 Å². The summed E-state index contributed by atoms with van der Waals surface area (Å²) in [5.41, 5.74) is 2.45. The number of aliphatic hydroxyl groups is 1. The third-order valence-corrected chi connectivity index (χ3v) is 3.58. The Labute approximate surface area is 98.2 Å². The molecule has 0 saturated carbocycles. The van der Waals surface area contributed by atoms with Crippen molar-refractivity contribution in [2.75, 3.05) is 0 Å². The molecule has 2 aromatic rings. The predicted octanol–water partition coefficient (Wildman–Crippen LogP) is 3.59. The zero-order valence-corrected chi connectivity index (χ0v) is 10.0. The largest absolute Gasteiger partial charge is 0.384 e. The summed E-state index contributed by atoms with van der Waals surface area (Å²) in [6.45, 7) is 3.78. The summed E-state index contributed by atoms with van der Waals surface area (Å²) in [7, 11) is 0. The molecule has 1 nitrogen and oxygen atoms in total. The van der Waals surface area contributed by atoms with E-state index in [-0.39, 0.29) is 5.82 Å². The average Bonchev–Trinajstić information content (AvgIpc) is 2.63. The highest BCUT2D eigenvalue weighted by molar-refractivity contribution is 7.10. The Morgan fingerprint density at radius 1 is 1.19 bits per heavy atom. The summed E-state index contributed by atoms with van der Waals surface area (Å²) < 4.78 is 13.0. The molecule has 0 saturated heterocycles. The summed E-state index contributed by atoms with van der Waals surface area (Å²) in [6.07, 6.45) is -0.660. The number of halogens is 1. The molecule has 16 heavy (non-hydrogen) atoms. The molecule has 1 aromatic carbocycles. The standard InChI is InChI=1S/C13H13FOS/c1-8-7-10(14)3-4-11(8)13(15)12-5-6-16-9(12)2/h3-7,13,15H,1-2H3. The number of hydrogen-bond acceptors (Lipinski definition) is 2. The van der Waals surface area contributed by atoms with Gasteiger partial charge in [-0.3, -0.25) is 0 Å². The maximum Gasteiger partial charge on any atom is 0.123 e. The Balaban J connectivity index is 2.41. The van der Waals surface area contributed by atoms with Crippen LogP contribution in [-0.2, 0) is 0 Å². The van der Waals surface area contributed by atoms with Gasteiger partial charge in [-0.15, -0.1) is 11.3 Å². The van der Waals surface area contributed by atoms with Gasteiger partial charge >= 0.3 is 0 Å². The molecule has 0 amide bonds. The number of hydrogen-bond donors (Lipinski definition) is 1. The first-order valence-electron chi connectivity index (χ1n) is 5.07. The second kappa shape index (κ2) is 4.36. The first-order valence-corrected chi connectivity index (χ1v) is 5.95. The minimum absolute atomic E-state index is 0.268. The van der Waals surface area contributed by atoms with E-state index < -0.39 is 6.10 Å². The maximum atomic E-state index is 13.0. The highest BCUT2D eigenvalue weighted by Gasteiger charge is 2.15. The molecule has 0 aliphatic heterocycles. The van der Waals surface area contributed by atoms with Crippen LogP contribution in [0.4, 0.5) is 4.39 Å². The van der Waals surface area contributed by atoms with Crippen LogP contribution in [-0.4, -0.2) is 5.11 Å². The molecule has 84 valence electrons. The van der Waals surface area contributed by atoms with Crippen LogP contribution in [0.25, 0.3) is 0 Å². The SMILES string of the molecule is Cc1cc(F)ccc1C(O)c1ccsc1C. The minimum atomic E-state index is -0.660. The van der Waals surface area contributed by atoms with E-state index in [0.29, 0.717) is 0 Å². The monoisotopic (exact) mass is 236 g/mol. The van der Waals surface area contributed by atoms with Gasteiger partial charge in [0, 0.05) is 4.88 Å². The lowest BCUT2D eigenvalue weighted by molar-refractivity contribution is 0.219. The van der Waals surface area contributed by atoms with Crippen LogP contribution < -0.4 is 0 Å². The van der Waals surface area contributed by atoms with Crippen molar-refractivity contribution in [1.82, 2.24) is 0 Å². The predicted molar refractivity (Wildman–Crippen MR) is 64.3 cm³/mol. The Hall–Kier alpha value is -1.19. The number of benzene rings is 1. The summed E-state index contributed by atoms with van der Waals surface area (Å²) in [5.74, 6) is -0.268. The smallest absolute Gasteiger partial charge is 0.123 e. The molecular formula is C13H13FOS. The molecule has 0 aliphatic rings. The van der Waals surface area contributed by atoms with E-state index in [1.54, 1.807) is 17.4 Å². The molecule has 1 heterocycles. The Bertz CT molecular complexity index is 504. The molecule has 1 atom stereocenters. The van der Waals surface area contributed by atoms with Crippen molar-refractivity contribution in [3.05, 3.63) is 57.0 Å². The summed E-state index contributed by atoms with van der Waals surface area (Å²) in [5, 5.41) is 12.2. The van der Waals surface area contributed by atoms with Gasteiger partial charge in [0.15, 0.2) is 0 Å². The minimum Gasteiger partial charge on any atom is -0.384 e. The number of thiophene rings is 1. The van der Waals surface area contributed by atoms with E-state index in [0.717, 1.165) is 21.6 Å². The molecule has 0 aliphatic carbocycles. The zero-order valence-electron chi connectivity index (χ0n) is 9.20. The lowest BCUT2D eigenvalue weighted by atomic mass is 9.98. The third-order valence-electron chi connectivity index (χ3n) is 2.72. The number of rotatable bonds is 2. The van der Waals surface area contributed by atoms with Crippen molar-refractivity contribution in [1.29, 1.82) is 0 Å². The molecule has 2 rings (SSSR count). The number of aliphatic hydroxyl groups excluding tert-OH is 1. The Morgan fingerprint density at radius 2 is 1.94 bits per heavy atom. The molecule has 1 unspecified atom stereocenters. The van der Waals surface area contributed by atoms with Gasteiger partial charge in [-0.25, -0.2) is 4.39 Å². The second-order valence-corrected chi connectivity index (χ2v) is 4.96.